The molecule has 0 radical (unpaired) electrons. The molecule has 102 valence electrons. The maximum Gasteiger partial charge on any atom is 0.234 e. The molecule has 0 aliphatic carbocycles. The van der Waals surface area contributed by atoms with Crippen molar-refractivity contribution in [3.05, 3.63) is 52.5 Å². The number of benzene rings is 1. The van der Waals surface area contributed by atoms with Gasteiger partial charge in [-0.3, -0.25) is 4.40 Å². The summed E-state index contributed by atoms with van der Waals surface area (Å²) in [5.41, 5.74) is 8.20. The first-order valence-electron chi connectivity index (χ1n) is 6.87. The van der Waals surface area contributed by atoms with Gasteiger partial charge in [0.2, 0.25) is 5.78 Å². The molecule has 0 aliphatic heterocycles. The van der Waals surface area contributed by atoms with Crippen LogP contribution in [0.25, 0.3) is 17.0 Å². The highest BCUT2D eigenvalue weighted by molar-refractivity contribution is 5.69. The van der Waals surface area contributed by atoms with Crippen LogP contribution in [-0.2, 0) is 0 Å². The molecule has 2 aromatic heterocycles. The van der Waals surface area contributed by atoms with Crippen molar-refractivity contribution in [1.82, 2.24) is 14.4 Å². The number of fused-ring (bicyclic) bond motifs is 1. The van der Waals surface area contributed by atoms with Crippen LogP contribution in [0.15, 0.2) is 24.4 Å². The van der Waals surface area contributed by atoms with E-state index in [0.29, 0.717) is 0 Å². The third-order valence-corrected chi connectivity index (χ3v) is 3.69. The summed E-state index contributed by atoms with van der Waals surface area (Å²) in [6.45, 7) is 10.5. The Morgan fingerprint density at radius 1 is 0.850 bits per heavy atom. The minimum Gasteiger partial charge on any atom is -0.288 e. The van der Waals surface area contributed by atoms with Crippen molar-refractivity contribution in [2.45, 2.75) is 34.6 Å². The van der Waals surface area contributed by atoms with Crippen LogP contribution in [0.5, 0.6) is 0 Å². The molecule has 0 atom stereocenters. The van der Waals surface area contributed by atoms with Gasteiger partial charge in [-0.05, 0) is 51.8 Å². The predicted molar refractivity (Wildman–Crippen MR) is 82.1 cm³/mol. The number of aromatic nitrogens is 3. The Bertz CT molecular complexity index is 789. The Labute approximate surface area is 119 Å². The quantitative estimate of drug-likeness (QED) is 0.667. The molecule has 0 spiro atoms. The number of rotatable bonds is 1. The van der Waals surface area contributed by atoms with Gasteiger partial charge in [-0.15, -0.1) is 0 Å². The van der Waals surface area contributed by atoms with Gasteiger partial charge in [0, 0.05) is 23.1 Å². The monoisotopic (exact) mass is 265 g/mol. The van der Waals surface area contributed by atoms with E-state index in [-0.39, 0.29) is 0 Å². The van der Waals surface area contributed by atoms with Gasteiger partial charge in [-0.2, -0.15) is 0 Å². The lowest BCUT2D eigenvalue weighted by atomic mass is 9.98. The van der Waals surface area contributed by atoms with Gasteiger partial charge in [0.1, 0.15) is 0 Å². The Kier molecular flexibility index (Phi) is 2.85. The molecule has 0 unspecified atom stereocenters. The van der Waals surface area contributed by atoms with E-state index in [0.717, 1.165) is 22.9 Å². The second-order valence-corrected chi connectivity index (χ2v) is 5.61. The zero-order valence-electron chi connectivity index (χ0n) is 12.7. The van der Waals surface area contributed by atoms with E-state index in [1.54, 1.807) is 0 Å². The molecule has 3 rings (SSSR count). The fraction of sp³-hybridized carbons (Fsp3) is 0.294. The molecule has 0 N–H and O–H groups in total. The van der Waals surface area contributed by atoms with E-state index >= 15 is 0 Å². The van der Waals surface area contributed by atoms with Crippen molar-refractivity contribution >= 4 is 5.78 Å². The zero-order chi connectivity index (χ0) is 14.4. The number of nitrogens with zero attached hydrogens (tertiary/aromatic N) is 3. The molecule has 0 aliphatic rings. The minimum atomic E-state index is 0.775. The van der Waals surface area contributed by atoms with Crippen molar-refractivity contribution in [3.63, 3.8) is 0 Å². The summed E-state index contributed by atoms with van der Waals surface area (Å²) in [7, 11) is 0. The fourth-order valence-electron chi connectivity index (χ4n) is 2.98. The Morgan fingerprint density at radius 3 is 2.15 bits per heavy atom. The largest absolute Gasteiger partial charge is 0.288 e. The van der Waals surface area contributed by atoms with Crippen molar-refractivity contribution in [2.75, 3.05) is 0 Å². The van der Waals surface area contributed by atoms with Gasteiger partial charge in [0.25, 0.3) is 0 Å². The lowest BCUT2D eigenvalue weighted by Gasteiger charge is -2.08. The van der Waals surface area contributed by atoms with Crippen LogP contribution in [0.1, 0.15) is 28.1 Å². The summed E-state index contributed by atoms with van der Waals surface area (Å²) in [4.78, 5) is 9.22. The third kappa shape index (κ3) is 1.99. The maximum atomic E-state index is 4.71. The van der Waals surface area contributed by atoms with Gasteiger partial charge in [-0.25, -0.2) is 9.97 Å². The van der Waals surface area contributed by atoms with Crippen molar-refractivity contribution in [1.29, 1.82) is 0 Å². The third-order valence-electron chi connectivity index (χ3n) is 3.69. The second-order valence-electron chi connectivity index (χ2n) is 5.61. The summed E-state index contributed by atoms with van der Waals surface area (Å²) >= 11 is 0. The highest BCUT2D eigenvalue weighted by Crippen LogP contribution is 2.28. The molecule has 3 aromatic rings. The van der Waals surface area contributed by atoms with E-state index in [1.807, 2.05) is 6.92 Å². The smallest absolute Gasteiger partial charge is 0.234 e. The normalized spacial score (nSPS) is 11.2. The first kappa shape index (κ1) is 12.9. The van der Waals surface area contributed by atoms with Crippen LogP contribution in [0, 0.1) is 34.6 Å². The molecule has 3 heteroatoms. The van der Waals surface area contributed by atoms with E-state index < -0.39 is 0 Å². The van der Waals surface area contributed by atoms with Gasteiger partial charge in [0.15, 0.2) is 0 Å². The standard InChI is InChI=1S/C17H19N3/c1-10-6-11(2)16(12(3)7-10)15-9-20-14(5)8-13(4)18-17(20)19-15/h6-9H,1-5H3. The molecular weight excluding hydrogens is 246 g/mol. The van der Waals surface area contributed by atoms with Crippen molar-refractivity contribution in [3.8, 4) is 11.3 Å². The first-order valence-corrected chi connectivity index (χ1v) is 6.87. The fourth-order valence-corrected chi connectivity index (χ4v) is 2.98. The highest BCUT2D eigenvalue weighted by Gasteiger charge is 2.12. The molecular formula is C17H19N3. The summed E-state index contributed by atoms with van der Waals surface area (Å²) in [6.07, 6.45) is 2.09. The van der Waals surface area contributed by atoms with Gasteiger partial charge < -0.3 is 0 Å². The average molecular weight is 265 g/mol. The van der Waals surface area contributed by atoms with E-state index in [9.17, 15) is 0 Å². The van der Waals surface area contributed by atoms with E-state index in [1.165, 1.54) is 22.3 Å². The molecule has 2 heterocycles. The summed E-state index contributed by atoms with van der Waals surface area (Å²) in [5.74, 6) is 0.775. The summed E-state index contributed by atoms with van der Waals surface area (Å²) < 4.78 is 2.06. The predicted octanol–water partition coefficient (Wildman–Crippen LogP) is 3.94. The van der Waals surface area contributed by atoms with Crippen LogP contribution < -0.4 is 0 Å². The highest BCUT2D eigenvalue weighted by atomic mass is 15.1. The van der Waals surface area contributed by atoms with Crippen molar-refractivity contribution < 1.29 is 0 Å². The SMILES string of the molecule is Cc1cc(C)c(-c2cn3c(C)cc(C)nc3n2)c(C)c1. The summed E-state index contributed by atoms with van der Waals surface area (Å²) in [6, 6.07) is 6.49. The van der Waals surface area contributed by atoms with Crippen LogP contribution in [-0.4, -0.2) is 14.4 Å². The Balaban J connectivity index is 2.28. The van der Waals surface area contributed by atoms with Crippen LogP contribution >= 0.6 is 0 Å². The second kappa shape index (κ2) is 4.44. The minimum absolute atomic E-state index is 0.775. The first-order chi connectivity index (χ1) is 9.45. The molecule has 20 heavy (non-hydrogen) atoms. The maximum absolute atomic E-state index is 4.71. The van der Waals surface area contributed by atoms with Gasteiger partial charge >= 0.3 is 0 Å². The molecule has 0 saturated heterocycles. The van der Waals surface area contributed by atoms with Gasteiger partial charge in [0.05, 0.1) is 5.69 Å². The van der Waals surface area contributed by atoms with Crippen LogP contribution in [0.4, 0.5) is 0 Å². The van der Waals surface area contributed by atoms with Crippen LogP contribution in [0.3, 0.4) is 0 Å². The lowest BCUT2D eigenvalue weighted by molar-refractivity contribution is 1.01. The molecule has 0 saturated carbocycles. The number of aryl methyl sites for hydroxylation is 5. The lowest BCUT2D eigenvalue weighted by Crippen LogP contribution is -1.94. The number of imidazole rings is 1. The van der Waals surface area contributed by atoms with E-state index in [2.05, 4.69) is 61.5 Å². The van der Waals surface area contributed by atoms with Gasteiger partial charge in [-0.1, -0.05) is 17.7 Å². The molecule has 0 fully saturated rings. The van der Waals surface area contributed by atoms with E-state index in [4.69, 9.17) is 4.98 Å². The molecule has 0 amide bonds. The molecule has 1 aromatic carbocycles. The Morgan fingerprint density at radius 2 is 1.50 bits per heavy atom. The number of hydrogen-bond donors (Lipinski definition) is 0. The number of hydrogen-bond acceptors (Lipinski definition) is 2. The zero-order valence-corrected chi connectivity index (χ0v) is 12.7. The summed E-state index contributed by atoms with van der Waals surface area (Å²) in [5, 5.41) is 0. The van der Waals surface area contributed by atoms with Crippen LogP contribution in [0.2, 0.25) is 0 Å². The Hall–Kier alpha value is -2.16. The average Bonchev–Trinajstić information content (AvgIpc) is 2.71. The topological polar surface area (TPSA) is 30.2 Å². The molecule has 0 bridgehead atoms. The van der Waals surface area contributed by atoms with Crippen molar-refractivity contribution in [2.24, 2.45) is 0 Å². The molecule has 3 nitrogen and oxygen atoms in total.